The predicted octanol–water partition coefficient (Wildman–Crippen LogP) is 2.37. The number of carbonyl (C=O) groups excluding carboxylic acids is 1. The average Bonchev–Trinajstić information content (AvgIpc) is 3.04. The molecule has 0 bridgehead atoms. The number of alkyl halides is 3. The topological polar surface area (TPSA) is 101 Å². The SMILES string of the molecule is COc1ccc(CNC(=O)c2ccc3nn(CCC#N)c(=O)n3c2)c(C(F)(F)F)c1. The van der Waals surface area contributed by atoms with E-state index < -0.39 is 23.3 Å². The zero-order chi connectivity index (χ0) is 21.9. The summed E-state index contributed by atoms with van der Waals surface area (Å²) in [7, 11) is 1.26. The van der Waals surface area contributed by atoms with E-state index in [0.717, 1.165) is 15.1 Å². The molecule has 0 aliphatic heterocycles. The summed E-state index contributed by atoms with van der Waals surface area (Å²) in [6, 6.07) is 8.22. The zero-order valence-electron chi connectivity index (χ0n) is 15.7. The Balaban J connectivity index is 1.82. The number of nitrogens with zero attached hydrogens (tertiary/aromatic N) is 4. The number of hydrogen-bond donors (Lipinski definition) is 1. The van der Waals surface area contributed by atoms with Gasteiger partial charge in [0.15, 0.2) is 5.65 Å². The molecular weight excluding hydrogens is 403 g/mol. The molecule has 0 saturated carbocycles. The Morgan fingerprint density at radius 1 is 1.30 bits per heavy atom. The van der Waals surface area contributed by atoms with Gasteiger partial charge in [0.25, 0.3) is 5.91 Å². The molecular formula is C19H16F3N5O3. The molecule has 0 aliphatic carbocycles. The van der Waals surface area contributed by atoms with E-state index in [-0.39, 0.29) is 42.0 Å². The van der Waals surface area contributed by atoms with Gasteiger partial charge in [0, 0.05) is 12.7 Å². The van der Waals surface area contributed by atoms with Crippen LogP contribution < -0.4 is 15.7 Å². The number of hydrogen-bond acceptors (Lipinski definition) is 5. The summed E-state index contributed by atoms with van der Waals surface area (Å²) in [6.07, 6.45) is -3.26. The molecule has 0 spiro atoms. The Morgan fingerprint density at radius 3 is 2.73 bits per heavy atom. The lowest BCUT2D eigenvalue weighted by Gasteiger charge is -2.15. The molecule has 30 heavy (non-hydrogen) atoms. The fourth-order valence-electron chi connectivity index (χ4n) is 2.83. The van der Waals surface area contributed by atoms with Crippen molar-refractivity contribution in [1.29, 1.82) is 5.26 Å². The Morgan fingerprint density at radius 2 is 2.07 bits per heavy atom. The second-order valence-electron chi connectivity index (χ2n) is 6.26. The third-order valence-electron chi connectivity index (χ3n) is 4.34. The van der Waals surface area contributed by atoms with Gasteiger partial charge in [0.05, 0.1) is 37.3 Å². The smallest absolute Gasteiger partial charge is 0.416 e. The van der Waals surface area contributed by atoms with Crippen molar-refractivity contribution in [3.05, 3.63) is 63.7 Å². The molecule has 0 fully saturated rings. The van der Waals surface area contributed by atoms with Crippen LogP contribution in [-0.2, 0) is 19.3 Å². The molecule has 2 aromatic heterocycles. The zero-order valence-corrected chi connectivity index (χ0v) is 15.7. The Kier molecular flexibility index (Phi) is 5.77. The summed E-state index contributed by atoms with van der Waals surface area (Å²) in [5, 5.41) is 15.1. The largest absolute Gasteiger partial charge is 0.497 e. The van der Waals surface area contributed by atoms with E-state index in [0.29, 0.717) is 0 Å². The van der Waals surface area contributed by atoms with E-state index in [1.165, 1.54) is 37.6 Å². The first-order chi connectivity index (χ1) is 14.2. The molecule has 0 saturated heterocycles. The fraction of sp³-hybridized carbons (Fsp3) is 0.263. The summed E-state index contributed by atoms with van der Waals surface area (Å²) in [6.45, 7) is -0.262. The molecule has 0 radical (unpaired) electrons. The van der Waals surface area contributed by atoms with E-state index in [9.17, 15) is 22.8 Å². The minimum absolute atomic E-state index is 0.0515. The van der Waals surface area contributed by atoms with Gasteiger partial charge in [-0.3, -0.25) is 4.79 Å². The number of fused-ring (bicyclic) bond motifs is 1. The van der Waals surface area contributed by atoms with Crippen LogP contribution in [0.1, 0.15) is 27.9 Å². The van der Waals surface area contributed by atoms with Crippen molar-refractivity contribution in [2.24, 2.45) is 0 Å². The molecule has 156 valence electrons. The molecule has 8 nitrogen and oxygen atoms in total. The lowest BCUT2D eigenvalue weighted by molar-refractivity contribution is -0.138. The normalized spacial score (nSPS) is 11.3. The van der Waals surface area contributed by atoms with E-state index in [1.54, 1.807) is 0 Å². The lowest BCUT2D eigenvalue weighted by Crippen LogP contribution is -2.26. The predicted molar refractivity (Wildman–Crippen MR) is 98.8 cm³/mol. The van der Waals surface area contributed by atoms with Crippen molar-refractivity contribution in [3.8, 4) is 11.8 Å². The minimum Gasteiger partial charge on any atom is -0.497 e. The number of amides is 1. The van der Waals surface area contributed by atoms with Crippen molar-refractivity contribution in [3.63, 3.8) is 0 Å². The highest BCUT2D eigenvalue weighted by Gasteiger charge is 2.33. The van der Waals surface area contributed by atoms with Gasteiger partial charge in [-0.05, 0) is 29.8 Å². The van der Waals surface area contributed by atoms with Crippen molar-refractivity contribution in [1.82, 2.24) is 19.5 Å². The van der Waals surface area contributed by atoms with E-state index in [2.05, 4.69) is 10.4 Å². The molecule has 1 N–H and O–H groups in total. The lowest BCUT2D eigenvalue weighted by atomic mass is 10.1. The molecule has 11 heteroatoms. The first kappa shape index (κ1) is 20.9. The highest BCUT2D eigenvalue weighted by Crippen LogP contribution is 2.34. The van der Waals surface area contributed by atoms with Gasteiger partial charge in [-0.15, -0.1) is 5.10 Å². The van der Waals surface area contributed by atoms with Crippen LogP contribution in [0.5, 0.6) is 5.75 Å². The maximum Gasteiger partial charge on any atom is 0.416 e. The number of nitrogens with one attached hydrogen (secondary N) is 1. The molecule has 3 aromatic rings. The molecule has 0 atom stereocenters. The van der Waals surface area contributed by atoms with Crippen LogP contribution in [0.2, 0.25) is 0 Å². The number of ether oxygens (including phenoxy) is 1. The Hall–Kier alpha value is -3.81. The third kappa shape index (κ3) is 4.27. The molecule has 1 aromatic carbocycles. The molecule has 0 unspecified atom stereocenters. The standard InChI is InChI=1S/C19H16F3N5O3/c1-30-14-5-3-12(15(9-14)19(20,21)22)10-24-17(28)13-4-6-16-25-27(8-2-7-23)18(29)26(16)11-13/h3-6,9,11H,2,8,10H2,1H3,(H,24,28). The fourth-order valence-corrected chi connectivity index (χ4v) is 2.83. The quantitative estimate of drug-likeness (QED) is 0.661. The van der Waals surface area contributed by atoms with Crippen molar-refractivity contribution >= 4 is 11.6 Å². The molecule has 2 heterocycles. The van der Waals surface area contributed by atoms with Gasteiger partial charge in [-0.25, -0.2) is 13.9 Å². The van der Waals surface area contributed by atoms with Gasteiger partial charge in [0.1, 0.15) is 5.75 Å². The molecule has 1 amide bonds. The minimum atomic E-state index is -4.61. The number of nitriles is 1. The highest BCUT2D eigenvalue weighted by molar-refractivity contribution is 5.94. The van der Waals surface area contributed by atoms with E-state index in [4.69, 9.17) is 10.00 Å². The maximum atomic E-state index is 13.3. The Labute approximate surface area is 168 Å². The van der Waals surface area contributed by atoms with Crippen LogP contribution >= 0.6 is 0 Å². The van der Waals surface area contributed by atoms with Crippen LogP contribution in [0.4, 0.5) is 13.2 Å². The van der Waals surface area contributed by atoms with Gasteiger partial charge in [-0.1, -0.05) is 6.07 Å². The second kappa shape index (κ2) is 8.28. The Bertz CT molecular complexity index is 1190. The summed E-state index contributed by atoms with van der Waals surface area (Å²) >= 11 is 0. The number of benzene rings is 1. The van der Waals surface area contributed by atoms with Crippen molar-refractivity contribution in [2.75, 3.05) is 7.11 Å². The van der Waals surface area contributed by atoms with Gasteiger partial charge in [0.2, 0.25) is 0 Å². The number of rotatable bonds is 6. The number of methoxy groups -OCH3 is 1. The van der Waals surface area contributed by atoms with Crippen LogP contribution in [0, 0.1) is 11.3 Å². The van der Waals surface area contributed by atoms with Crippen molar-refractivity contribution < 1.29 is 22.7 Å². The van der Waals surface area contributed by atoms with Crippen molar-refractivity contribution in [2.45, 2.75) is 25.7 Å². The van der Waals surface area contributed by atoms with Crippen LogP contribution in [-0.4, -0.2) is 27.2 Å². The first-order valence-corrected chi connectivity index (χ1v) is 8.73. The maximum absolute atomic E-state index is 13.3. The van der Waals surface area contributed by atoms with E-state index in [1.807, 2.05) is 6.07 Å². The van der Waals surface area contributed by atoms with Crippen LogP contribution in [0.3, 0.4) is 0 Å². The number of halogens is 3. The van der Waals surface area contributed by atoms with Crippen LogP contribution in [0.25, 0.3) is 5.65 Å². The number of pyridine rings is 1. The third-order valence-corrected chi connectivity index (χ3v) is 4.34. The number of aryl methyl sites for hydroxylation is 1. The van der Waals surface area contributed by atoms with Gasteiger partial charge < -0.3 is 10.1 Å². The van der Waals surface area contributed by atoms with E-state index >= 15 is 0 Å². The number of carbonyl (C=O) groups is 1. The number of aromatic nitrogens is 3. The van der Waals surface area contributed by atoms with Crippen LogP contribution in [0.15, 0.2) is 41.3 Å². The van der Waals surface area contributed by atoms with Gasteiger partial charge in [-0.2, -0.15) is 18.4 Å². The second-order valence-corrected chi connectivity index (χ2v) is 6.26. The first-order valence-electron chi connectivity index (χ1n) is 8.73. The average molecular weight is 419 g/mol. The summed E-state index contributed by atoms with van der Waals surface area (Å²) < 4.78 is 46.9. The molecule has 3 rings (SSSR count). The summed E-state index contributed by atoms with van der Waals surface area (Å²) in [5.41, 5.74) is -1.20. The summed E-state index contributed by atoms with van der Waals surface area (Å²) in [5.74, 6) is -0.604. The monoisotopic (exact) mass is 419 g/mol. The summed E-state index contributed by atoms with van der Waals surface area (Å²) in [4.78, 5) is 24.7. The van der Waals surface area contributed by atoms with Gasteiger partial charge >= 0.3 is 11.9 Å². The highest BCUT2D eigenvalue weighted by atomic mass is 19.4. The molecule has 0 aliphatic rings.